The Hall–Kier alpha value is -0.900. The molecule has 92 valence electrons. The lowest BCUT2D eigenvalue weighted by atomic mass is 9.75. The summed E-state index contributed by atoms with van der Waals surface area (Å²) in [5.74, 6) is -0.0700. The molecule has 1 saturated carbocycles. The lowest BCUT2D eigenvalue weighted by Gasteiger charge is -2.36. The molecule has 1 aliphatic carbocycles. The van der Waals surface area contributed by atoms with Crippen LogP contribution in [0.3, 0.4) is 0 Å². The number of ether oxygens (including phenoxy) is 1. The molecule has 0 amide bonds. The number of ketones is 1. The molecule has 2 rings (SSSR count). The van der Waals surface area contributed by atoms with Crippen molar-refractivity contribution in [1.82, 2.24) is 0 Å². The van der Waals surface area contributed by atoms with Gasteiger partial charge in [-0.2, -0.15) is 0 Å². The molecule has 0 bridgehead atoms. The maximum atomic E-state index is 12.3. The fourth-order valence-electron chi connectivity index (χ4n) is 2.42. The summed E-state index contributed by atoms with van der Waals surface area (Å²) in [6.07, 6.45) is 1.81. The average molecular weight is 254 g/mol. The van der Waals surface area contributed by atoms with Crippen molar-refractivity contribution in [2.45, 2.75) is 30.9 Å². The molecule has 2 unspecified atom stereocenters. The maximum absolute atomic E-state index is 12.3. The van der Waals surface area contributed by atoms with Crippen LogP contribution in [0.2, 0.25) is 5.02 Å². The third kappa shape index (κ3) is 2.10. The molecule has 1 aliphatic rings. The highest BCUT2D eigenvalue weighted by Crippen LogP contribution is 2.36. The van der Waals surface area contributed by atoms with Crippen molar-refractivity contribution in [3.8, 4) is 0 Å². The Morgan fingerprint density at radius 2 is 2.18 bits per heavy atom. The molecule has 0 spiro atoms. The average Bonchev–Trinajstić information content (AvgIpc) is 2.33. The summed E-state index contributed by atoms with van der Waals surface area (Å²) in [6.45, 7) is 0. The number of halogens is 1. The largest absolute Gasteiger partial charge is 0.374 e. The van der Waals surface area contributed by atoms with Crippen molar-refractivity contribution in [3.63, 3.8) is 0 Å². The number of nitrogens with two attached hydrogens (primary N) is 1. The van der Waals surface area contributed by atoms with Gasteiger partial charge >= 0.3 is 0 Å². The lowest BCUT2D eigenvalue weighted by molar-refractivity contribution is -0.138. The minimum Gasteiger partial charge on any atom is -0.374 e. The molecule has 1 fully saturated rings. The Labute approximate surface area is 106 Å². The summed E-state index contributed by atoms with van der Waals surface area (Å²) < 4.78 is 5.19. The van der Waals surface area contributed by atoms with Gasteiger partial charge in [0, 0.05) is 12.1 Å². The lowest BCUT2D eigenvalue weighted by Crippen LogP contribution is -2.53. The van der Waals surface area contributed by atoms with Crippen LogP contribution in [0.4, 0.5) is 0 Å². The monoisotopic (exact) mass is 253 g/mol. The predicted octanol–water partition coefficient (Wildman–Crippen LogP) is 2.26. The van der Waals surface area contributed by atoms with Crippen LogP contribution < -0.4 is 5.73 Å². The van der Waals surface area contributed by atoms with Crippen LogP contribution >= 0.6 is 11.6 Å². The molecule has 0 aliphatic heterocycles. The first-order chi connectivity index (χ1) is 8.09. The smallest absolute Gasteiger partial charge is 0.185 e. The molecular formula is C13H16ClNO2. The number of carbonyl (C=O) groups excluding carboxylic acids is 1. The van der Waals surface area contributed by atoms with Crippen LogP contribution in [0.15, 0.2) is 24.3 Å². The molecule has 1 aromatic rings. The summed E-state index contributed by atoms with van der Waals surface area (Å²) >= 11 is 6.13. The molecule has 2 atom stereocenters. The molecule has 0 heterocycles. The first-order valence-electron chi connectivity index (χ1n) is 5.70. The highest BCUT2D eigenvalue weighted by atomic mass is 35.5. The van der Waals surface area contributed by atoms with Gasteiger partial charge in [0.2, 0.25) is 0 Å². The Bertz CT molecular complexity index is 435. The second-order valence-electron chi connectivity index (χ2n) is 4.43. The second kappa shape index (κ2) is 4.77. The molecule has 2 N–H and O–H groups in total. The zero-order chi connectivity index (χ0) is 12.5. The van der Waals surface area contributed by atoms with E-state index in [9.17, 15) is 4.79 Å². The van der Waals surface area contributed by atoms with Gasteiger partial charge in [0.05, 0.1) is 0 Å². The number of Topliss-reactive ketones (excluding diaryl/α,β-unsaturated/α-hetero) is 1. The van der Waals surface area contributed by atoms with E-state index in [2.05, 4.69) is 0 Å². The number of hydrogen-bond donors (Lipinski definition) is 1. The molecule has 0 saturated heterocycles. The van der Waals surface area contributed by atoms with Crippen molar-refractivity contribution in [3.05, 3.63) is 34.9 Å². The fraction of sp³-hybridized carbons (Fsp3) is 0.462. The van der Waals surface area contributed by atoms with Gasteiger partial charge in [-0.05, 0) is 30.9 Å². The van der Waals surface area contributed by atoms with E-state index in [0.29, 0.717) is 17.0 Å². The van der Waals surface area contributed by atoms with Crippen molar-refractivity contribution in [1.29, 1.82) is 0 Å². The van der Waals surface area contributed by atoms with Gasteiger partial charge in [-0.3, -0.25) is 4.79 Å². The maximum Gasteiger partial charge on any atom is 0.185 e. The quantitative estimate of drug-likeness (QED) is 0.880. The molecule has 0 radical (unpaired) electrons. The van der Waals surface area contributed by atoms with Crippen LogP contribution in [-0.2, 0) is 15.1 Å². The van der Waals surface area contributed by atoms with E-state index < -0.39 is 11.6 Å². The summed E-state index contributed by atoms with van der Waals surface area (Å²) in [6, 6.07) is 7.25. The zero-order valence-corrected chi connectivity index (χ0v) is 10.5. The van der Waals surface area contributed by atoms with E-state index in [1.807, 2.05) is 18.2 Å². The van der Waals surface area contributed by atoms with Gasteiger partial charge in [0.15, 0.2) is 5.78 Å². The van der Waals surface area contributed by atoms with Crippen LogP contribution in [0.25, 0.3) is 0 Å². The van der Waals surface area contributed by atoms with Gasteiger partial charge in [-0.1, -0.05) is 29.8 Å². The zero-order valence-electron chi connectivity index (χ0n) is 9.78. The predicted molar refractivity (Wildman–Crippen MR) is 67.0 cm³/mol. The van der Waals surface area contributed by atoms with Gasteiger partial charge in [0.25, 0.3) is 0 Å². The highest BCUT2D eigenvalue weighted by Gasteiger charge is 2.44. The van der Waals surface area contributed by atoms with Crippen LogP contribution in [-0.4, -0.2) is 19.0 Å². The normalized spacial score (nSPS) is 29.4. The summed E-state index contributed by atoms with van der Waals surface area (Å²) in [7, 11) is 1.54. The van der Waals surface area contributed by atoms with E-state index in [0.717, 1.165) is 12.8 Å². The standard InChI is InChI=1S/C13H16ClNO2/c1-17-11-7-4-8-13(15,12(11)16)9-5-2-3-6-10(9)14/h2-3,5-6,11H,4,7-8,15H2,1H3. The third-order valence-corrected chi connectivity index (χ3v) is 3.74. The Balaban J connectivity index is 2.41. The fourth-order valence-corrected chi connectivity index (χ4v) is 2.73. The van der Waals surface area contributed by atoms with Crippen molar-refractivity contribution in [2.75, 3.05) is 7.11 Å². The topological polar surface area (TPSA) is 52.3 Å². The number of benzene rings is 1. The van der Waals surface area contributed by atoms with Crippen LogP contribution in [0.1, 0.15) is 24.8 Å². The Morgan fingerprint density at radius 3 is 2.82 bits per heavy atom. The van der Waals surface area contributed by atoms with Gasteiger partial charge in [-0.25, -0.2) is 0 Å². The van der Waals surface area contributed by atoms with E-state index in [-0.39, 0.29) is 5.78 Å². The van der Waals surface area contributed by atoms with Crippen LogP contribution in [0, 0.1) is 0 Å². The third-order valence-electron chi connectivity index (χ3n) is 3.41. The van der Waals surface area contributed by atoms with E-state index in [1.54, 1.807) is 13.2 Å². The van der Waals surface area contributed by atoms with E-state index in [1.165, 1.54) is 0 Å². The first kappa shape index (κ1) is 12.6. The summed E-state index contributed by atoms with van der Waals surface area (Å²) in [5, 5.41) is 0.542. The molecule has 4 heteroatoms. The number of hydrogen-bond acceptors (Lipinski definition) is 3. The second-order valence-corrected chi connectivity index (χ2v) is 4.84. The van der Waals surface area contributed by atoms with Gasteiger partial charge in [0.1, 0.15) is 11.6 Å². The first-order valence-corrected chi connectivity index (χ1v) is 6.08. The Kier molecular flexibility index (Phi) is 3.52. The minimum absolute atomic E-state index is 0.0700. The molecule has 17 heavy (non-hydrogen) atoms. The van der Waals surface area contributed by atoms with Crippen molar-refractivity contribution in [2.24, 2.45) is 5.73 Å². The number of carbonyl (C=O) groups is 1. The van der Waals surface area contributed by atoms with E-state index >= 15 is 0 Å². The van der Waals surface area contributed by atoms with E-state index in [4.69, 9.17) is 22.1 Å². The minimum atomic E-state index is -1.00. The van der Waals surface area contributed by atoms with Gasteiger partial charge in [-0.15, -0.1) is 0 Å². The van der Waals surface area contributed by atoms with Crippen molar-refractivity contribution < 1.29 is 9.53 Å². The number of rotatable bonds is 2. The number of methoxy groups -OCH3 is 1. The highest BCUT2D eigenvalue weighted by molar-refractivity contribution is 6.31. The summed E-state index contributed by atoms with van der Waals surface area (Å²) in [5.41, 5.74) is 5.98. The molecule has 0 aromatic heterocycles. The molecule has 3 nitrogen and oxygen atoms in total. The molecular weight excluding hydrogens is 238 g/mol. The summed E-state index contributed by atoms with van der Waals surface area (Å²) in [4.78, 5) is 12.3. The van der Waals surface area contributed by atoms with Crippen LogP contribution in [0.5, 0.6) is 0 Å². The molecule has 1 aromatic carbocycles. The Morgan fingerprint density at radius 1 is 1.47 bits per heavy atom. The SMILES string of the molecule is COC1CCCC(N)(c2ccccc2Cl)C1=O. The van der Waals surface area contributed by atoms with Crippen molar-refractivity contribution >= 4 is 17.4 Å². The van der Waals surface area contributed by atoms with Gasteiger partial charge < -0.3 is 10.5 Å².